The molecule has 0 saturated heterocycles. The fraction of sp³-hybridized carbons (Fsp3) is 0.455. The monoisotopic (exact) mass is 220 g/mol. The average molecular weight is 220 g/mol. The number of imidazole rings is 1. The van der Waals surface area contributed by atoms with Crippen molar-refractivity contribution < 1.29 is 5.11 Å². The van der Waals surface area contributed by atoms with E-state index in [4.69, 9.17) is 0 Å². The molecule has 0 aliphatic heterocycles. The van der Waals surface area contributed by atoms with Gasteiger partial charge in [0, 0.05) is 19.8 Å². The van der Waals surface area contributed by atoms with Gasteiger partial charge in [-0.3, -0.25) is 4.68 Å². The molecule has 0 saturated carbocycles. The topological polar surface area (TPSA) is 55.9 Å². The van der Waals surface area contributed by atoms with Gasteiger partial charge in [0.1, 0.15) is 6.10 Å². The van der Waals surface area contributed by atoms with Crippen LogP contribution in [0.1, 0.15) is 30.8 Å². The van der Waals surface area contributed by atoms with Gasteiger partial charge in [0.25, 0.3) is 0 Å². The normalized spacial score (nSPS) is 12.9. The summed E-state index contributed by atoms with van der Waals surface area (Å²) >= 11 is 0. The molecule has 2 heterocycles. The van der Waals surface area contributed by atoms with Crippen LogP contribution >= 0.6 is 0 Å². The third kappa shape index (κ3) is 1.86. The molecule has 0 radical (unpaired) electrons. The zero-order valence-electron chi connectivity index (χ0n) is 9.54. The van der Waals surface area contributed by atoms with E-state index in [9.17, 15) is 5.11 Å². The standard InChI is InChI=1S/C11H16N4O/c1-3-6-15-8-12-7-10(15)11(16)9-4-5-13-14(9)2/h4-5,7-8,11,16H,3,6H2,1-2H3. The van der Waals surface area contributed by atoms with Crippen molar-refractivity contribution in [3.05, 3.63) is 36.2 Å². The van der Waals surface area contributed by atoms with Crippen LogP contribution in [0.2, 0.25) is 0 Å². The van der Waals surface area contributed by atoms with Gasteiger partial charge >= 0.3 is 0 Å². The molecule has 2 aromatic heterocycles. The fourth-order valence-electron chi connectivity index (χ4n) is 1.79. The Morgan fingerprint density at radius 3 is 2.88 bits per heavy atom. The second kappa shape index (κ2) is 4.49. The van der Waals surface area contributed by atoms with Crippen LogP contribution < -0.4 is 0 Å². The van der Waals surface area contributed by atoms with Gasteiger partial charge in [-0.25, -0.2) is 4.98 Å². The Balaban J connectivity index is 2.30. The lowest BCUT2D eigenvalue weighted by Gasteiger charge is -2.13. The van der Waals surface area contributed by atoms with Gasteiger partial charge in [-0.05, 0) is 12.5 Å². The molecule has 1 atom stereocenters. The highest BCUT2D eigenvalue weighted by molar-refractivity contribution is 5.17. The van der Waals surface area contributed by atoms with Crippen LogP contribution in [0.3, 0.4) is 0 Å². The molecule has 5 heteroatoms. The average Bonchev–Trinajstić information content (AvgIpc) is 2.87. The number of aliphatic hydroxyl groups is 1. The van der Waals surface area contributed by atoms with Gasteiger partial charge in [0.15, 0.2) is 0 Å². The summed E-state index contributed by atoms with van der Waals surface area (Å²) in [7, 11) is 1.82. The number of aromatic nitrogens is 4. The summed E-state index contributed by atoms with van der Waals surface area (Å²) < 4.78 is 3.64. The number of aryl methyl sites for hydroxylation is 2. The summed E-state index contributed by atoms with van der Waals surface area (Å²) in [5.74, 6) is 0. The molecule has 0 fully saturated rings. The van der Waals surface area contributed by atoms with Crippen molar-refractivity contribution in [3.8, 4) is 0 Å². The summed E-state index contributed by atoms with van der Waals surface area (Å²) in [5, 5.41) is 14.3. The Hall–Kier alpha value is -1.62. The molecule has 1 unspecified atom stereocenters. The molecule has 0 spiro atoms. The quantitative estimate of drug-likeness (QED) is 0.839. The highest BCUT2D eigenvalue weighted by Gasteiger charge is 2.17. The van der Waals surface area contributed by atoms with Gasteiger partial charge in [-0.15, -0.1) is 0 Å². The lowest BCUT2D eigenvalue weighted by Crippen LogP contribution is -2.11. The van der Waals surface area contributed by atoms with Gasteiger partial charge in [0.05, 0.1) is 23.9 Å². The Morgan fingerprint density at radius 1 is 1.44 bits per heavy atom. The third-order valence-corrected chi connectivity index (χ3v) is 2.63. The molecule has 1 N–H and O–H groups in total. The van der Waals surface area contributed by atoms with Crippen molar-refractivity contribution in [2.45, 2.75) is 26.0 Å². The largest absolute Gasteiger partial charge is 0.380 e. The minimum absolute atomic E-state index is 0.665. The van der Waals surface area contributed by atoms with Crippen LogP contribution in [0.15, 0.2) is 24.8 Å². The van der Waals surface area contributed by atoms with Gasteiger partial charge in [-0.1, -0.05) is 6.92 Å². The second-order valence-corrected chi connectivity index (χ2v) is 3.79. The molecule has 0 aliphatic rings. The Bertz CT molecular complexity index is 460. The first-order chi connectivity index (χ1) is 7.74. The van der Waals surface area contributed by atoms with E-state index in [-0.39, 0.29) is 0 Å². The molecule has 0 aromatic carbocycles. The van der Waals surface area contributed by atoms with Crippen molar-refractivity contribution in [3.63, 3.8) is 0 Å². The lowest BCUT2D eigenvalue weighted by atomic mass is 10.2. The van der Waals surface area contributed by atoms with E-state index in [1.807, 2.05) is 17.7 Å². The minimum atomic E-state index is -0.665. The predicted octanol–water partition coefficient (Wildman–Crippen LogP) is 1.11. The zero-order chi connectivity index (χ0) is 11.5. The van der Waals surface area contributed by atoms with Crippen LogP contribution in [0.5, 0.6) is 0 Å². The van der Waals surface area contributed by atoms with E-state index in [2.05, 4.69) is 17.0 Å². The van der Waals surface area contributed by atoms with Crippen LogP contribution in [0.4, 0.5) is 0 Å². The molecule has 0 amide bonds. The van der Waals surface area contributed by atoms with Crippen LogP contribution in [-0.4, -0.2) is 24.4 Å². The SMILES string of the molecule is CCCn1cncc1C(O)c1ccnn1C. The molecule has 0 aliphatic carbocycles. The van der Waals surface area contributed by atoms with Crippen LogP contribution in [0, 0.1) is 0 Å². The highest BCUT2D eigenvalue weighted by atomic mass is 16.3. The number of aliphatic hydroxyl groups excluding tert-OH is 1. The van der Waals surface area contributed by atoms with Crippen molar-refractivity contribution in [1.82, 2.24) is 19.3 Å². The predicted molar refractivity (Wildman–Crippen MR) is 59.8 cm³/mol. The maximum atomic E-state index is 10.2. The summed E-state index contributed by atoms with van der Waals surface area (Å²) in [6.07, 6.45) is 5.48. The summed E-state index contributed by atoms with van der Waals surface area (Å²) in [5.41, 5.74) is 1.59. The van der Waals surface area contributed by atoms with E-state index >= 15 is 0 Å². The van der Waals surface area contributed by atoms with Crippen molar-refractivity contribution in [1.29, 1.82) is 0 Å². The molecule has 16 heavy (non-hydrogen) atoms. The number of rotatable bonds is 4. The van der Waals surface area contributed by atoms with Crippen LogP contribution in [-0.2, 0) is 13.6 Å². The molecular formula is C11H16N4O. The van der Waals surface area contributed by atoms with E-state index in [0.717, 1.165) is 24.4 Å². The molecule has 86 valence electrons. The number of nitrogens with zero attached hydrogens (tertiary/aromatic N) is 4. The smallest absolute Gasteiger partial charge is 0.137 e. The highest BCUT2D eigenvalue weighted by Crippen LogP contribution is 2.20. The van der Waals surface area contributed by atoms with Crippen molar-refractivity contribution >= 4 is 0 Å². The summed E-state index contributed by atoms with van der Waals surface area (Å²) in [4.78, 5) is 4.07. The van der Waals surface area contributed by atoms with Crippen molar-refractivity contribution in [2.24, 2.45) is 7.05 Å². The lowest BCUT2D eigenvalue weighted by molar-refractivity contribution is 0.199. The maximum Gasteiger partial charge on any atom is 0.137 e. The first-order valence-electron chi connectivity index (χ1n) is 5.40. The molecule has 2 aromatic rings. The molecule has 2 rings (SSSR count). The van der Waals surface area contributed by atoms with Gasteiger partial charge in [-0.2, -0.15) is 5.10 Å². The number of hydrogen-bond acceptors (Lipinski definition) is 3. The fourth-order valence-corrected chi connectivity index (χ4v) is 1.79. The Morgan fingerprint density at radius 2 is 2.25 bits per heavy atom. The van der Waals surface area contributed by atoms with E-state index in [1.54, 1.807) is 23.4 Å². The summed E-state index contributed by atoms with van der Waals surface area (Å²) in [6.45, 7) is 2.96. The van der Waals surface area contributed by atoms with E-state index in [1.165, 1.54) is 0 Å². The van der Waals surface area contributed by atoms with Gasteiger partial charge in [0.2, 0.25) is 0 Å². The van der Waals surface area contributed by atoms with Crippen molar-refractivity contribution in [2.75, 3.05) is 0 Å². The minimum Gasteiger partial charge on any atom is -0.380 e. The molecule has 0 bridgehead atoms. The maximum absolute atomic E-state index is 10.2. The van der Waals surface area contributed by atoms with Crippen LogP contribution in [0.25, 0.3) is 0 Å². The first kappa shape index (κ1) is 10.9. The molecule has 5 nitrogen and oxygen atoms in total. The molecular weight excluding hydrogens is 204 g/mol. The second-order valence-electron chi connectivity index (χ2n) is 3.79. The van der Waals surface area contributed by atoms with E-state index in [0.29, 0.717) is 0 Å². The zero-order valence-corrected chi connectivity index (χ0v) is 9.54. The van der Waals surface area contributed by atoms with E-state index < -0.39 is 6.10 Å². The Kier molecular flexibility index (Phi) is 3.05. The first-order valence-corrected chi connectivity index (χ1v) is 5.40. The summed E-state index contributed by atoms with van der Waals surface area (Å²) in [6, 6.07) is 1.81. The third-order valence-electron chi connectivity index (χ3n) is 2.63. The number of hydrogen-bond donors (Lipinski definition) is 1. The van der Waals surface area contributed by atoms with Gasteiger partial charge < -0.3 is 9.67 Å². The Labute approximate surface area is 94.4 Å².